The van der Waals surface area contributed by atoms with Gasteiger partial charge in [0.2, 0.25) is 0 Å². The standard InChI is InChI=1S/C23H26N2O2S/c1-14-10-11-16(3)20(12-14)27-18(5)22(26)24-13-21-17(4)25-23(28-21)19-9-7-6-8-15(19)2/h6-12,18H,13H2,1-5H3,(H,24,26). The predicted molar refractivity (Wildman–Crippen MR) is 115 cm³/mol. The summed E-state index contributed by atoms with van der Waals surface area (Å²) in [7, 11) is 0. The summed E-state index contributed by atoms with van der Waals surface area (Å²) >= 11 is 1.62. The van der Waals surface area contributed by atoms with Crippen LogP contribution in [0.15, 0.2) is 42.5 Å². The minimum atomic E-state index is -0.565. The van der Waals surface area contributed by atoms with Gasteiger partial charge >= 0.3 is 0 Å². The fourth-order valence-electron chi connectivity index (χ4n) is 2.91. The van der Waals surface area contributed by atoms with Crippen molar-refractivity contribution in [1.29, 1.82) is 0 Å². The zero-order valence-corrected chi connectivity index (χ0v) is 17.8. The lowest BCUT2D eigenvalue weighted by molar-refractivity contribution is -0.127. The number of amides is 1. The van der Waals surface area contributed by atoms with Gasteiger partial charge in [-0.25, -0.2) is 4.98 Å². The molecule has 1 aromatic heterocycles. The number of nitrogens with zero attached hydrogens (tertiary/aromatic N) is 1. The van der Waals surface area contributed by atoms with Gasteiger partial charge in [-0.2, -0.15) is 0 Å². The molecule has 4 nitrogen and oxygen atoms in total. The number of ether oxygens (including phenoxy) is 1. The number of carbonyl (C=O) groups excluding carboxylic acids is 1. The molecule has 2 aromatic carbocycles. The zero-order chi connectivity index (χ0) is 20.3. The summed E-state index contributed by atoms with van der Waals surface area (Å²) in [5.74, 6) is 0.615. The fourth-order valence-corrected chi connectivity index (χ4v) is 4.00. The van der Waals surface area contributed by atoms with Gasteiger partial charge < -0.3 is 10.1 Å². The Kier molecular flexibility index (Phi) is 6.15. The summed E-state index contributed by atoms with van der Waals surface area (Å²) in [4.78, 5) is 18.3. The molecule has 0 fully saturated rings. The Balaban J connectivity index is 1.64. The smallest absolute Gasteiger partial charge is 0.261 e. The van der Waals surface area contributed by atoms with Crippen molar-refractivity contribution in [2.24, 2.45) is 0 Å². The third-order valence-corrected chi connectivity index (χ3v) is 5.90. The molecule has 0 aliphatic heterocycles. The van der Waals surface area contributed by atoms with Crippen molar-refractivity contribution in [3.05, 3.63) is 69.7 Å². The second-order valence-electron chi connectivity index (χ2n) is 7.09. The first-order valence-electron chi connectivity index (χ1n) is 9.39. The highest BCUT2D eigenvalue weighted by Crippen LogP contribution is 2.30. The maximum absolute atomic E-state index is 12.5. The Bertz CT molecular complexity index is 994. The van der Waals surface area contributed by atoms with Crippen molar-refractivity contribution in [3.63, 3.8) is 0 Å². The van der Waals surface area contributed by atoms with Gasteiger partial charge in [-0.15, -0.1) is 11.3 Å². The number of nitrogens with one attached hydrogen (secondary N) is 1. The Morgan fingerprint density at radius 3 is 2.61 bits per heavy atom. The molecule has 3 aromatic rings. The molecule has 146 valence electrons. The quantitative estimate of drug-likeness (QED) is 0.631. The van der Waals surface area contributed by atoms with E-state index in [1.54, 1.807) is 18.3 Å². The Morgan fingerprint density at radius 1 is 1.11 bits per heavy atom. The SMILES string of the molecule is Cc1ccc(C)c(OC(C)C(=O)NCc2sc(-c3ccccc3C)nc2C)c1. The average Bonchev–Trinajstić information content (AvgIpc) is 3.03. The number of benzene rings is 2. The van der Waals surface area contributed by atoms with E-state index < -0.39 is 6.10 Å². The molecule has 0 bridgehead atoms. The van der Waals surface area contributed by atoms with E-state index in [1.807, 2.05) is 51.1 Å². The van der Waals surface area contributed by atoms with E-state index in [4.69, 9.17) is 4.74 Å². The summed E-state index contributed by atoms with van der Waals surface area (Å²) < 4.78 is 5.87. The Hall–Kier alpha value is -2.66. The van der Waals surface area contributed by atoms with Crippen molar-refractivity contribution in [2.45, 2.75) is 47.3 Å². The molecular formula is C23H26N2O2S. The van der Waals surface area contributed by atoms with Gasteiger partial charge in [0.1, 0.15) is 10.8 Å². The summed E-state index contributed by atoms with van der Waals surface area (Å²) in [5, 5.41) is 3.97. The number of carbonyl (C=O) groups is 1. The third kappa shape index (κ3) is 4.60. The van der Waals surface area contributed by atoms with Crippen LogP contribution in [0, 0.1) is 27.7 Å². The topological polar surface area (TPSA) is 51.2 Å². The average molecular weight is 395 g/mol. The lowest BCUT2D eigenvalue weighted by Gasteiger charge is -2.16. The van der Waals surface area contributed by atoms with E-state index in [2.05, 4.69) is 29.4 Å². The first-order chi connectivity index (χ1) is 13.3. The predicted octanol–water partition coefficient (Wildman–Crippen LogP) is 5.13. The molecule has 0 radical (unpaired) electrons. The van der Waals surface area contributed by atoms with Gasteiger partial charge in [-0.05, 0) is 57.4 Å². The van der Waals surface area contributed by atoms with Crippen LogP contribution in [0.2, 0.25) is 0 Å². The van der Waals surface area contributed by atoms with Gasteiger partial charge in [0, 0.05) is 10.4 Å². The monoisotopic (exact) mass is 394 g/mol. The molecule has 1 unspecified atom stereocenters. The van der Waals surface area contributed by atoms with Crippen molar-refractivity contribution in [2.75, 3.05) is 0 Å². The van der Waals surface area contributed by atoms with Crippen LogP contribution in [-0.4, -0.2) is 17.0 Å². The molecule has 0 saturated carbocycles. The Morgan fingerprint density at radius 2 is 1.86 bits per heavy atom. The second kappa shape index (κ2) is 8.57. The van der Waals surface area contributed by atoms with Gasteiger partial charge in [-0.3, -0.25) is 4.79 Å². The van der Waals surface area contributed by atoms with Crippen molar-refractivity contribution in [1.82, 2.24) is 10.3 Å². The zero-order valence-electron chi connectivity index (χ0n) is 17.0. The Labute approximate surface area is 170 Å². The van der Waals surface area contributed by atoms with Gasteiger partial charge in [0.15, 0.2) is 6.10 Å². The number of rotatable bonds is 6. The van der Waals surface area contributed by atoms with E-state index in [1.165, 1.54) is 5.56 Å². The van der Waals surface area contributed by atoms with Crippen LogP contribution in [0.25, 0.3) is 10.6 Å². The molecule has 0 saturated heterocycles. The van der Waals surface area contributed by atoms with Crippen LogP contribution in [0.5, 0.6) is 5.75 Å². The third-order valence-electron chi connectivity index (χ3n) is 4.71. The van der Waals surface area contributed by atoms with E-state index >= 15 is 0 Å². The molecule has 5 heteroatoms. The van der Waals surface area contributed by atoms with Crippen LogP contribution in [0.1, 0.15) is 34.2 Å². The molecule has 0 aliphatic rings. The van der Waals surface area contributed by atoms with Crippen LogP contribution < -0.4 is 10.1 Å². The lowest BCUT2D eigenvalue weighted by atomic mass is 10.1. The van der Waals surface area contributed by atoms with Crippen LogP contribution >= 0.6 is 11.3 Å². The van der Waals surface area contributed by atoms with Crippen LogP contribution in [-0.2, 0) is 11.3 Å². The molecule has 1 amide bonds. The fraction of sp³-hybridized carbons (Fsp3) is 0.304. The second-order valence-corrected chi connectivity index (χ2v) is 8.17. The van der Waals surface area contributed by atoms with E-state index in [9.17, 15) is 4.79 Å². The van der Waals surface area contributed by atoms with E-state index in [0.29, 0.717) is 6.54 Å². The van der Waals surface area contributed by atoms with Gasteiger partial charge in [0.25, 0.3) is 5.91 Å². The largest absolute Gasteiger partial charge is 0.481 e. The number of aryl methyl sites for hydroxylation is 4. The van der Waals surface area contributed by atoms with E-state index in [0.717, 1.165) is 38.0 Å². The molecule has 0 aliphatic carbocycles. The highest BCUT2D eigenvalue weighted by atomic mass is 32.1. The normalized spacial score (nSPS) is 11.9. The summed E-state index contributed by atoms with van der Waals surface area (Å²) in [6.45, 7) is 10.3. The number of aromatic nitrogens is 1. The summed E-state index contributed by atoms with van der Waals surface area (Å²) in [5.41, 5.74) is 5.41. The molecule has 3 rings (SSSR count). The van der Waals surface area contributed by atoms with Crippen LogP contribution in [0.3, 0.4) is 0 Å². The molecule has 1 atom stereocenters. The highest BCUT2D eigenvalue weighted by molar-refractivity contribution is 7.15. The number of thiazole rings is 1. The molecule has 28 heavy (non-hydrogen) atoms. The first kappa shape index (κ1) is 20.1. The number of hydrogen-bond acceptors (Lipinski definition) is 4. The van der Waals surface area contributed by atoms with Crippen molar-refractivity contribution >= 4 is 17.2 Å². The van der Waals surface area contributed by atoms with Gasteiger partial charge in [-0.1, -0.05) is 36.4 Å². The molecule has 1 heterocycles. The highest BCUT2D eigenvalue weighted by Gasteiger charge is 2.17. The van der Waals surface area contributed by atoms with Gasteiger partial charge in [0.05, 0.1) is 12.2 Å². The first-order valence-corrected chi connectivity index (χ1v) is 10.2. The number of hydrogen-bond donors (Lipinski definition) is 1. The summed E-state index contributed by atoms with van der Waals surface area (Å²) in [6.07, 6.45) is -0.565. The van der Waals surface area contributed by atoms with Crippen LogP contribution in [0.4, 0.5) is 0 Å². The lowest BCUT2D eigenvalue weighted by Crippen LogP contribution is -2.36. The van der Waals surface area contributed by atoms with Crippen molar-refractivity contribution < 1.29 is 9.53 Å². The molecule has 0 spiro atoms. The maximum atomic E-state index is 12.5. The maximum Gasteiger partial charge on any atom is 0.261 e. The molecular weight excluding hydrogens is 368 g/mol. The minimum Gasteiger partial charge on any atom is -0.481 e. The molecule has 1 N–H and O–H groups in total. The summed E-state index contributed by atoms with van der Waals surface area (Å²) in [6, 6.07) is 14.2. The van der Waals surface area contributed by atoms with Crippen molar-refractivity contribution in [3.8, 4) is 16.3 Å². The van der Waals surface area contributed by atoms with E-state index in [-0.39, 0.29) is 5.91 Å². The minimum absolute atomic E-state index is 0.133.